The first-order valence-corrected chi connectivity index (χ1v) is 5.89. The highest BCUT2D eigenvalue weighted by molar-refractivity contribution is 8.01. The maximum atomic E-state index is 11.6. The van der Waals surface area contributed by atoms with Crippen molar-refractivity contribution in [2.45, 2.75) is 38.4 Å². The van der Waals surface area contributed by atoms with Crippen LogP contribution in [0.1, 0.15) is 33.6 Å². The van der Waals surface area contributed by atoms with Crippen LogP contribution in [0.25, 0.3) is 0 Å². The van der Waals surface area contributed by atoms with Crippen molar-refractivity contribution in [1.29, 1.82) is 0 Å². The van der Waals surface area contributed by atoms with E-state index in [-0.39, 0.29) is 4.75 Å². The molecular weight excluding hydrogens is 182 g/mol. The fraction of sp³-hybridized carbons (Fsp3) is 0.900. The molecule has 0 aromatic carbocycles. The number of carbonyl (C=O) groups excluding carboxylic acids is 1. The zero-order valence-electron chi connectivity index (χ0n) is 8.80. The fourth-order valence-electron chi connectivity index (χ4n) is 1.34. The maximum Gasteiger partial charge on any atom is 0.232 e. The topological polar surface area (TPSA) is 20.3 Å². The van der Waals surface area contributed by atoms with E-state index in [0.29, 0.717) is 11.7 Å². The van der Waals surface area contributed by atoms with Crippen LogP contribution in [0, 0.1) is 0 Å². The Labute approximate surface area is 85.1 Å². The Morgan fingerprint density at radius 2 is 1.85 bits per heavy atom. The second kappa shape index (κ2) is 4.36. The minimum absolute atomic E-state index is 0.204. The van der Waals surface area contributed by atoms with Crippen molar-refractivity contribution in [3.8, 4) is 0 Å². The Morgan fingerprint density at radius 1 is 1.31 bits per heavy atom. The number of hydrogen-bond acceptors (Lipinski definition) is 2. The lowest BCUT2D eigenvalue weighted by Crippen LogP contribution is -2.30. The molecule has 0 radical (unpaired) electrons. The van der Waals surface area contributed by atoms with Crippen LogP contribution in [0.15, 0.2) is 0 Å². The van der Waals surface area contributed by atoms with Crippen LogP contribution in [-0.2, 0) is 4.79 Å². The molecular formula is C10H19NOS. The number of thioether (sulfide) groups is 1. The van der Waals surface area contributed by atoms with Gasteiger partial charge < -0.3 is 4.90 Å². The molecule has 0 spiro atoms. The van der Waals surface area contributed by atoms with E-state index in [0.717, 1.165) is 13.1 Å². The maximum absolute atomic E-state index is 11.6. The monoisotopic (exact) mass is 201 g/mol. The van der Waals surface area contributed by atoms with Crippen LogP contribution in [0.5, 0.6) is 0 Å². The zero-order valence-corrected chi connectivity index (χ0v) is 9.62. The standard InChI is InChI=1S/C10H19NOS/c1-10(2,3)13-8-9(12)11-6-4-5-7-11/h4-8H2,1-3H3. The van der Waals surface area contributed by atoms with Crippen LogP contribution in [-0.4, -0.2) is 34.4 Å². The molecule has 1 aliphatic rings. The summed E-state index contributed by atoms with van der Waals surface area (Å²) in [5, 5.41) is 0. The summed E-state index contributed by atoms with van der Waals surface area (Å²) in [7, 11) is 0. The Balaban J connectivity index is 2.25. The first-order valence-electron chi connectivity index (χ1n) is 4.91. The van der Waals surface area contributed by atoms with E-state index >= 15 is 0 Å². The molecule has 1 rings (SSSR count). The van der Waals surface area contributed by atoms with Crippen molar-refractivity contribution in [3.63, 3.8) is 0 Å². The van der Waals surface area contributed by atoms with Gasteiger partial charge >= 0.3 is 0 Å². The van der Waals surface area contributed by atoms with Gasteiger partial charge in [-0.1, -0.05) is 20.8 Å². The molecule has 0 bridgehead atoms. The summed E-state index contributed by atoms with van der Waals surface area (Å²) in [6, 6.07) is 0. The van der Waals surface area contributed by atoms with Crippen molar-refractivity contribution < 1.29 is 4.79 Å². The Kier molecular flexibility index (Phi) is 3.65. The molecule has 1 aliphatic heterocycles. The van der Waals surface area contributed by atoms with E-state index in [1.807, 2.05) is 4.90 Å². The largest absolute Gasteiger partial charge is 0.342 e. The van der Waals surface area contributed by atoms with Crippen LogP contribution in [0.3, 0.4) is 0 Å². The first-order chi connectivity index (χ1) is 5.99. The molecule has 0 saturated carbocycles. The molecule has 1 amide bonds. The third-order valence-electron chi connectivity index (χ3n) is 2.09. The van der Waals surface area contributed by atoms with Gasteiger partial charge in [0, 0.05) is 17.8 Å². The second-order valence-corrected chi connectivity index (χ2v) is 6.29. The predicted molar refractivity (Wildman–Crippen MR) is 58.0 cm³/mol. The van der Waals surface area contributed by atoms with Gasteiger partial charge in [-0.25, -0.2) is 0 Å². The van der Waals surface area contributed by atoms with Crippen LogP contribution >= 0.6 is 11.8 Å². The van der Waals surface area contributed by atoms with E-state index in [9.17, 15) is 4.79 Å². The summed E-state index contributed by atoms with van der Waals surface area (Å²) < 4.78 is 0.204. The van der Waals surface area contributed by atoms with E-state index in [2.05, 4.69) is 20.8 Å². The van der Waals surface area contributed by atoms with Crippen LogP contribution in [0.4, 0.5) is 0 Å². The average molecular weight is 201 g/mol. The lowest BCUT2D eigenvalue weighted by molar-refractivity contribution is -0.127. The minimum atomic E-state index is 0.204. The Hall–Kier alpha value is -0.180. The highest BCUT2D eigenvalue weighted by Gasteiger charge is 2.20. The normalized spacial score (nSPS) is 17.9. The smallest absolute Gasteiger partial charge is 0.232 e. The average Bonchev–Trinajstić information content (AvgIpc) is 2.50. The molecule has 3 heteroatoms. The van der Waals surface area contributed by atoms with Crippen molar-refractivity contribution in [2.24, 2.45) is 0 Å². The highest BCUT2D eigenvalue weighted by atomic mass is 32.2. The molecule has 0 atom stereocenters. The van der Waals surface area contributed by atoms with Gasteiger partial charge in [0.25, 0.3) is 0 Å². The Morgan fingerprint density at radius 3 is 2.31 bits per heavy atom. The van der Waals surface area contributed by atoms with E-state index in [1.54, 1.807) is 11.8 Å². The van der Waals surface area contributed by atoms with Crippen molar-refractivity contribution >= 4 is 17.7 Å². The lowest BCUT2D eigenvalue weighted by atomic mass is 10.3. The summed E-state index contributed by atoms with van der Waals surface area (Å²) in [5.74, 6) is 0.959. The van der Waals surface area contributed by atoms with E-state index < -0.39 is 0 Å². The molecule has 0 aromatic heterocycles. The van der Waals surface area contributed by atoms with Crippen LogP contribution in [0.2, 0.25) is 0 Å². The number of hydrogen-bond donors (Lipinski definition) is 0. The molecule has 2 nitrogen and oxygen atoms in total. The van der Waals surface area contributed by atoms with Crippen molar-refractivity contribution in [2.75, 3.05) is 18.8 Å². The lowest BCUT2D eigenvalue weighted by Gasteiger charge is -2.20. The summed E-state index contributed by atoms with van der Waals surface area (Å²) in [5.41, 5.74) is 0. The molecule has 1 fully saturated rings. The van der Waals surface area contributed by atoms with Gasteiger partial charge in [-0.05, 0) is 12.8 Å². The number of likely N-dealkylation sites (tertiary alicyclic amines) is 1. The van der Waals surface area contributed by atoms with Gasteiger partial charge in [0.1, 0.15) is 0 Å². The predicted octanol–water partition coefficient (Wildman–Crippen LogP) is 2.14. The first kappa shape index (κ1) is 10.9. The van der Waals surface area contributed by atoms with Crippen molar-refractivity contribution in [3.05, 3.63) is 0 Å². The minimum Gasteiger partial charge on any atom is -0.342 e. The van der Waals surface area contributed by atoms with Crippen LogP contribution < -0.4 is 0 Å². The summed E-state index contributed by atoms with van der Waals surface area (Å²) in [4.78, 5) is 13.6. The molecule has 1 saturated heterocycles. The van der Waals surface area contributed by atoms with E-state index in [4.69, 9.17) is 0 Å². The van der Waals surface area contributed by atoms with Gasteiger partial charge in [-0.3, -0.25) is 4.79 Å². The van der Waals surface area contributed by atoms with E-state index in [1.165, 1.54) is 12.8 Å². The number of amides is 1. The number of rotatable bonds is 2. The summed E-state index contributed by atoms with van der Waals surface area (Å²) in [6.07, 6.45) is 2.37. The van der Waals surface area contributed by atoms with Gasteiger partial charge in [0.15, 0.2) is 0 Å². The van der Waals surface area contributed by atoms with Gasteiger partial charge in [0.05, 0.1) is 5.75 Å². The number of nitrogens with zero attached hydrogens (tertiary/aromatic N) is 1. The van der Waals surface area contributed by atoms with Gasteiger partial charge in [-0.15, -0.1) is 11.8 Å². The second-order valence-electron chi connectivity index (χ2n) is 4.49. The van der Waals surface area contributed by atoms with Crippen molar-refractivity contribution in [1.82, 2.24) is 4.90 Å². The fourth-order valence-corrected chi connectivity index (χ4v) is 2.08. The third kappa shape index (κ3) is 4.03. The molecule has 0 unspecified atom stereocenters. The molecule has 76 valence electrons. The summed E-state index contributed by atoms with van der Waals surface area (Å²) in [6.45, 7) is 8.39. The molecule has 0 aliphatic carbocycles. The molecule has 0 N–H and O–H groups in total. The molecule has 1 heterocycles. The van der Waals surface area contributed by atoms with Gasteiger partial charge in [0.2, 0.25) is 5.91 Å². The summed E-state index contributed by atoms with van der Waals surface area (Å²) >= 11 is 1.74. The zero-order chi connectivity index (χ0) is 9.90. The quantitative estimate of drug-likeness (QED) is 0.682. The SMILES string of the molecule is CC(C)(C)SCC(=O)N1CCCC1. The Bertz CT molecular complexity index is 180. The van der Waals surface area contributed by atoms with Gasteiger partial charge in [-0.2, -0.15) is 0 Å². The third-order valence-corrected chi connectivity index (χ3v) is 3.34. The molecule has 13 heavy (non-hydrogen) atoms. The highest BCUT2D eigenvalue weighted by Crippen LogP contribution is 2.23. The molecule has 0 aromatic rings. The number of carbonyl (C=O) groups is 1.